The van der Waals surface area contributed by atoms with Gasteiger partial charge in [-0.2, -0.15) is 19.2 Å². The van der Waals surface area contributed by atoms with Gasteiger partial charge in [0.05, 0.1) is 11.9 Å². The SMILES string of the molecule is Fc1c(Cl)nc(-n2nccc2F)nc1C1CC1. The summed E-state index contributed by atoms with van der Waals surface area (Å²) in [5, 5.41) is 3.41. The van der Waals surface area contributed by atoms with Gasteiger partial charge in [-0.1, -0.05) is 11.6 Å². The molecule has 2 heterocycles. The molecule has 1 fully saturated rings. The zero-order valence-corrected chi connectivity index (χ0v) is 9.32. The lowest BCUT2D eigenvalue weighted by atomic mass is 10.3. The van der Waals surface area contributed by atoms with Crippen LogP contribution in [0.1, 0.15) is 24.5 Å². The third-order valence-corrected chi connectivity index (χ3v) is 2.83. The van der Waals surface area contributed by atoms with Crippen molar-refractivity contribution >= 4 is 11.6 Å². The molecule has 0 saturated heterocycles. The zero-order valence-electron chi connectivity index (χ0n) is 8.57. The van der Waals surface area contributed by atoms with Gasteiger partial charge in [0, 0.05) is 12.0 Å². The number of rotatable bonds is 2. The molecule has 0 spiro atoms. The summed E-state index contributed by atoms with van der Waals surface area (Å²) in [4.78, 5) is 7.67. The third kappa shape index (κ3) is 1.78. The molecule has 0 unspecified atom stereocenters. The van der Waals surface area contributed by atoms with Crippen molar-refractivity contribution in [2.75, 3.05) is 0 Å². The molecule has 17 heavy (non-hydrogen) atoms. The molecule has 0 atom stereocenters. The van der Waals surface area contributed by atoms with Gasteiger partial charge < -0.3 is 0 Å². The fourth-order valence-electron chi connectivity index (χ4n) is 1.58. The molecule has 1 saturated carbocycles. The maximum atomic E-state index is 13.6. The molecule has 4 nitrogen and oxygen atoms in total. The van der Waals surface area contributed by atoms with E-state index in [1.165, 1.54) is 6.20 Å². The first-order valence-electron chi connectivity index (χ1n) is 5.09. The van der Waals surface area contributed by atoms with E-state index in [1.807, 2.05) is 0 Å². The first kappa shape index (κ1) is 10.6. The first-order chi connectivity index (χ1) is 8.16. The Balaban J connectivity index is 2.15. The Morgan fingerprint density at radius 3 is 2.65 bits per heavy atom. The van der Waals surface area contributed by atoms with Gasteiger partial charge in [0.15, 0.2) is 11.0 Å². The highest BCUT2D eigenvalue weighted by Crippen LogP contribution is 2.41. The first-order valence-corrected chi connectivity index (χ1v) is 5.47. The number of hydrogen-bond acceptors (Lipinski definition) is 3. The number of halogens is 3. The van der Waals surface area contributed by atoms with Crippen molar-refractivity contribution < 1.29 is 8.78 Å². The molecular formula is C10H7ClF2N4. The van der Waals surface area contributed by atoms with Crippen LogP contribution in [0.25, 0.3) is 5.95 Å². The summed E-state index contributed by atoms with van der Waals surface area (Å²) >= 11 is 5.67. The van der Waals surface area contributed by atoms with Crippen molar-refractivity contribution in [1.29, 1.82) is 0 Å². The van der Waals surface area contributed by atoms with E-state index in [4.69, 9.17) is 11.6 Å². The summed E-state index contributed by atoms with van der Waals surface area (Å²) in [6, 6.07) is 1.16. The van der Waals surface area contributed by atoms with Crippen LogP contribution in [0.2, 0.25) is 5.15 Å². The monoisotopic (exact) mass is 256 g/mol. The van der Waals surface area contributed by atoms with Crippen LogP contribution in [-0.4, -0.2) is 19.7 Å². The molecule has 88 valence electrons. The van der Waals surface area contributed by atoms with Crippen molar-refractivity contribution in [3.63, 3.8) is 0 Å². The molecule has 2 aromatic rings. The molecule has 0 aromatic carbocycles. The van der Waals surface area contributed by atoms with Gasteiger partial charge in [-0.15, -0.1) is 0 Å². The van der Waals surface area contributed by atoms with Crippen molar-refractivity contribution in [1.82, 2.24) is 19.7 Å². The van der Waals surface area contributed by atoms with Crippen LogP contribution in [-0.2, 0) is 0 Å². The molecule has 0 N–H and O–H groups in total. The van der Waals surface area contributed by atoms with Gasteiger partial charge in [0.2, 0.25) is 5.95 Å². The number of hydrogen-bond donors (Lipinski definition) is 0. The van der Waals surface area contributed by atoms with E-state index in [2.05, 4.69) is 15.1 Å². The average Bonchev–Trinajstić information content (AvgIpc) is 3.05. The van der Waals surface area contributed by atoms with Gasteiger partial charge in [-0.3, -0.25) is 0 Å². The fourth-order valence-corrected chi connectivity index (χ4v) is 1.75. The summed E-state index contributed by atoms with van der Waals surface area (Å²) in [6.45, 7) is 0. The smallest absolute Gasteiger partial charge is 0.213 e. The van der Waals surface area contributed by atoms with Gasteiger partial charge in [0.25, 0.3) is 5.95 Å². The van der Waals surface area contributed by atoms with Gasteiger partial charge >= 0.3 is 0 Å². The Bertz CT molecular complexity index is 580. The number of nitrogens with zero attached hydrogens (tertiary/aromatic N) is 4. The molecular weight excluding hydrogens is 250 g/mol. The second-order valence-corrected chi connectivity index (χ2v) is 4.21. The Morgan fingerprint density at radius 1 is 1.29 bits per heavy atom. The summed E-state index contributed by atoms with van der Waals surface area (Å²) in [6.07, 6.45) is 3.00. The van der Waals surface area contributed by atoms with E-state index < -0.39 is 11.8 Å². The normalized spacial score (nSPS) is 15.2. The Hall–Kier alpha value is -1.56. The fraction of sp³-hybridized carbons (Fsp3) is 0.300. The summed E-state index contributed by atoms with van der Waals surface area (Å²) in [5.41, 5.74) is 0.245. The Morgan fingerprint density at radius 2 is 2.06 bits per heavy atom. The average molecular weight is 257 g/mol. The van der Waals surface area contributed by atoms with Gasteiger partial charge in [-0.05, 0) is 12.8 Å². The highest BCUT2D eigenvalue weighted by Gasteiger charge is 2.30. The quantitative estimate of drug-likeness (QED) is 0.776. The largest absolute Gasteiger partial charge is 0.255 e. The lowest BCUT2D eigenvalue weighted by molar-refractivity contribution is 0.519. The molecule has 0 bridgehead atoms. The van der Waals surface area contributed by atoms with Crippen LogP contribution < -0.4 is 0 Å². The van der Waals surface area contributed by atoms with E-state index in [0.717, 1.165) is 23.6 Å². The molecule has 2 aromatic heterocycles. The van der Waals surface area contributed by atoms with Crippen molar-refractivity contribution in [3.05, 3.63) is 34.9 Å². The summed E-state index contributed by atoms with van der Waals surface area (Å²) in [5.74, 6) is -1.21. The van der Waals surface area contributed by atoms with E-state index in [1.54, 1.807) is 0 Å². The van der Waals surface area contributed by atoms with E-state index >= 15 is 0 Å². The standard InChI is InChI=1S/C10H7ClF2N4/c11-9-7(13)8(5-1-2-5)15-10(16-9)17-6(12)3-4-14-17/h3-5H,1-2H2. The second kappa shape index (κ2) is 3.73. The topological polar surface area (TPSA) is 43.6 Å². The van der Waals surface area contributed by atoms with Crippen molar-refractivity contribution in [3.8, 4) is 5.95 Å². The molecule has 1 aliphatic carbocycles. The van der Waals surface area contributed by atoms with E-state index in [-0.39, 0.29) is 22.7 Å². The molecule has 0 amide bonds. The minimum atomic E-state index is -0.620. The van der Waals surface area contributed by atoms with Crippen LogP contribution in [0.5, 0.6) is 0 Å². The van der Waals surface area contributed by atoms with Crippen LogP contribution in [0.15, 0.2) is 12.3 Å². The van der Waals surface area contributed by atoms with Crippen LogP contribution in [0.4, 0.5) is 8.78 Å². The summed E-state index contributed by atoms with van der Waals surface area (Å²) < 4.78 is 27.8. The van der Waals surface area contributed by atoms with Gasteiger partial charge in [-0.25, -0.2) is 9.37 Å². The maximum Gasteiger partial charge on any atom is 0.255 e. The zero-order chi connectivity index (χ0) is 12.0. The van der Waals surface area contributed by atoms with Gasteiger partial charge in [0.1, 0.15) is 0 Å². The van der Waals surface area contributed by atoms with Crippen molar-refractivity contribution in [2.24, 2.45) is 0 Å². The Kier molecular flexibility index (Phi) is 2.32. The van der Waals surface area contributed by atoms with Crippen LogP contribution >= 0.6 is 11.6 Å². The molecule has 1 aliphatic rings. The Labute approximate surface area is 100 Å². The lowest BCUT2D eigenvalue weighted by Crippen LogP contribution is -2.09. The minimum Gasteiger partial charge on any atom is -0.213 e. The van der Waals surface area contributed by atoms with E-state index in [9.17, 15) is 8.78 Å². The summed E-state index contributed by atoms with van der Waals surface area (Å²) in [7, 11) is 0. The second-order valence-electron chi connectivity index (χ2n) is 3.85. The van der Waals surface area contributed by atoms with Crippen molar-refractivity contribution in [2.45, 2.75) is 18.8 Å². The molecule has 0 radical (unpaired) electrons. The minimum absolute atomic E-state index is 0.0409. The number of aromatic nitrogens is 4. The molecule has 7 heteroatoms. The molecule has 3 rings (SSSR count). The van der Waals surface area contributed by atoms with E-state index in [0.29, 0.717) is 0 Å². The molecule has 0 aliphatic heterocycles. The third-order valence-electron chi connectivity index (χ3n) is 2.57. The van der Waals surface area contributed by atoms with Crippen LogP contribution in [0.3, 0.4) is 0 Å². The lowest BCUT2D eigenvalue weighted by Gasteiger charge is -2.05. The maximum absolute atomic E-state index is 13.6. The van der Waals surface area contributed by atoms with Crippen LogP contribution in [0, 0.1) is 11.8 Å². The predicted molar refractivity (Wildman–Crippen MR) is 56.1 cm³/mol. The highest BCUT2D eigenvalue weighted by molar-refractivity contribution is 6.29. The highest BCUT2D eigenvalue weighted by atomic mass is 35.5. The predicted octanol–water partition coefficient (Wildman–Crippen LogP) is 2.47.